The predicted octanol–water partition coefficient (Wildman–Crippen LogP) is 5.21. The molecule has 4 aromatic rings. The number of nitrogens with zero attached hydrogens (tertiary/aromatic N) is 1. The van der Waals surface area contributed by atoms with E-state index in [1.165, 1.54) is 12.1 Å². The molecule has 135 valence electrons. The van der Waals surface area contributed by atoms with Gasteiger partial charge in [0, 0.05) is 27.4 Å². The number of aryl methyl sites for hydroxylation is 1. The minimum atomic E-state index is -0.473. The highest BCUT2D eigenvalue weighted by atomic mass is 79.9. The van der Waals surface area contributed by atoms with E-state index in [-0.39, 0.29) is 5.82 Å². The Labute approximate surface area is 164 Å². The minimum Gasteiger partial charge on any atom is -0.366 e. The summed E-state index contributed by atoms with van der Waals surface area (Å²) in [5.41, 5.74) is 9.87. The maximum Gasteiger partial charge on any atom is 0.249 e. The monoisotopic (exact) mass is 423 g/mol. The number of amides is 1. The normalized spacial score (nSPS) is 11.4. The zero-order valence-electron chi connectivity index (χ0n) is 14.7. The highest BCUT2D eigenvalue weighted by Crippen LogP contribution is 2.33. The molecule has 1 aromatic heterocycles. The van der Waals surface area contributed by atoms with Crippen LogP contribution in [0, 0.1) is 11.9 Å². The van der Waals surface area contributed by atoms with Crippen LogP contribution in [0.4, 0.5) is 4.39 Å². The Kier molecular flexibility index (Phi) is 4.48. The van der Waals surface area contributed by atoms with Crippen LogP contribution in [0.3, 0.4) is 0 Å². The topological polar surface area (TPSA) is 48.0 Å². The standard InChI is InChI=1S/C22H17BrFN2O/c1-2-13-6-8-16-20(10-13)26(12-14-11-15(24)7-9-18(14)23)19-5-3-4-17(21(16)19)22(25)27/h3-7,9-11H,2,12H2,1H3,(H2,25,27). The van der Waals surface area contributed by atoms with Crippen molar-refractivity contribution in [2.45, 2.75) is 19.9 Å². The van der Waals surface area contributed by atoms with Gasteiger partial charge in [0.15, 0.2) is 0 Å². The predicted molar refractivity (Wildman–Crippen MR) is 109 cm³/mol. The van der Waals surface area contributed by atoms with Crippen LogP contribution in [0.25, 0.3) is 21.8 Å². The third-order valence-corrected chi connectivity index (χ3v) is 5.64. The number of halogens is 2. The Bertz CT molecular complexity index is 1200. The van der Waals surface area contributed by atoms with E-state index in [0.29, 0.717) is 12.1 Å². The number of hydrogen-bond donors (Lipinski definition) is 1. The van der Waals surface area contributed by atoms with Gasteiger partial charge in [-0.05, 0) is 60.0 Å². The number of benzene rings is 3. The summed E-state index contributed by atoms with van der Waals surface area (Å²) in [7, 11) is 0. The number of hydrogen-bond acceptors (Lipinski definition) is 1. The Hall–Kier alpha value is -2.66. The molecule has 3 nitrogen and oxygen atoms in total. The van der Waals surface area contributed by atoms with E-state index >= 15 is 0 Å². The molecule has 1 amide bonds. The average molecular weight is 424 g/mol. The van der Waals surface area contributed by atoms with Crippen LogP contribution in [0.1, 0.15) is 28.4 Å². The molecule has 0 atom stereocenters. The number of nitrogens with two attached hydrogens (primary N) is 1. The molecule has 4 rings (SSSR count). The SMILES string of the molecule is CCc1c[c]c2c3c(C(N)=O)cccc3n(Cc3cc(F)ccc3Br)c2c1. The molecule has 2 N–H and O–H groups in total. The number of rotatable bonds is 4. The third-order valence-electron chi connectivity index (χ3n) is 4.86. The Balaban J connectivity index is 2.06. The van der Waals surface area contributed by atoms with Crippen LogP contribution in [0.5, 0.6) is 0 Å². The van der Waals surface area contributed by atoms with E-state index in [1.807, 2.05) is 18.2 Å². The molecule has 0 bridgehead atoms. The van der Waals surface area contributed by atoms with Crippen LogP contribution in [-0.2, 0) is 13.0 Å². The summed E-state index contributed by atoms with van der Waals surface area (Å²) in [6.45, 7) is 2.54. The van der Waals surface area contributed by atoms with Crippen molar-refractivity contribution < 1.29 is 9.18 Å². The zero-order chi connectivity index (χ0) is 19.1. The van der Waals surface area contributed by atoms with Gasteiger partial charge in [-0.2, -0.15) is 0 Å². The largest absolute Gasteiger partial charge is 0.366 e. The van der Waals surface area contributed by atoms with E-state index in [2.05, 4.69) is 39.6 Å². The number of primary amides is 1. The molecule has 27 heavy (non-hydrogen) atoms. The molecule has 3 aromatic carbocycles. The van der Waals surface area contributed by atoms with Crippen molar-refractivity contribution in [3.8, 4) is 0 Å². The van der Waals surface area contributed by atoms with Crippen LogP contribution >= 0.6 is 15.9 Å². The van der Waals surface area contributed by atoms with Gasteiger partial charge < -0.3 is 10.3 Å². The van der Waals surface area contributed by atoms with Gasteiger partial charge in [-0.3, -0.25) is 4.79 Å². The molecule has 0 fully saturated rings. The van der Waals surface area contributed by atoms with Gasteiger partial charge in [0.2, 0.25) is 5.91 Å². The lowest BCUT2D eigenvalue weighted by atomic mass is 10.0. The van der Waals surface area contributed by atoms with Crippen LogP contribution < -0.4 is 5.73 Å². The van der Waals surface area contributed by atoms with Crippen molar-refractivity contribution in [3.63, 3.8) is 0 Å². The van der Waals surface area contributed by atoms with Gasteiger partial charge in [-0.15, -0.1) is 0 Å². The second-order valence-corrected chi connectivity index (χ2v) is 7.36. The first-order chi connectivity index (χ1) is 13.0. The van der Waals surface area contributed by atoms with E-state index in [0.717, 1.165) is 43.8 Å². The molecule has 1 radical (unpaired) electrons. The van der Waals surface area contributed by atoms with Gasteiger partial charge in [0.25, 0.3) is 0 Å². The fraction of sp³-hybridized carbons (Fsp3) is 0.136. The van der Waals surface area contributed by atoms with Crippen molar-refractivity contribution in [1.82, 2.24) is 4.57 Å². The molecular weight excluding hydrogens is 407 g/mol. The van der Waals surface area contributed by atoms with Crippen molar-refractivity contribution in [2.24, 2.45) is 5.73 Å². The average Bonchev–Trinajstić information content (AvgIpc) is 2.97. The van der Waals surface area contributed by atoms with Crippen molar-refractivity contribution >= 4 is 43.6 Å². The van der Waals surface area contributed by atoms with Gasteiger partial charge >= 0.3 is 0 Å². The van der Waals surface area contributed by atoms with Crippen LogP contribution in [-0.4, -0.2) is 10.5 Å². The minimum absolute atomic E-state index is 0.285. The van der Waals surface area contributed by atoms with Gasteiger partial charge in [0.05, 0.1) is 11.0 Å². The first-order valence-electron chi connectivity index (χ1n) is 8.69. The second-order valence-electron chi connectivity index (χ2n) is 6.51. The quantitative estimate of drug-likeness (QED) is 0.481. The Morgan fingerprint density at radius 3 is 2.78 bits per heavy atom. The highest BCUT2D eigenvalue weighted by Gasteiger charge is 2.17. The maximum absolute atomic E-state index is 13.8. The van der Waals surface area contributed by atoms with Gasteiger partial charge in [0.1, 0.15) is 5.82 Å². The molecule has 0 unspecified atom stereocenters. The summed E-state index contributed by atoms with van der Waals surface area (Å²) < 4.78 is 16.7. The van der Waals surface area contributed by atoms with Gasteiger partial charge in [-0.25, -0.2) is 4.39 Å². The Morgan fingerprint density at radius 1 is 1.22 bits per heavy atom. The lowest BCUT2D eigenvalue weighted by Gasteiger charge is -2.10. The summed E-state index contributed by atoms with van der Waals surface area (Å²) in [6, 6.07) is 17.5. The molecular formula is C22H17BrFN2O. The molecule has 0 spiro atoms. The van der Waals surface area contributed by atoms with Crippen LogP contribution in [0.2, 0.25) is 0 Å². The van der Waals surface area contributed by atoms with Crippen molar-refractivity contribution in [3.05, 3.63) is 81.6 Å². The van der Waals surface area contributed by atoms with E-state index in [1.54, 1.807) is 12.1 Å². The summed E-state index contributed by atoms with van der Waals surface area (Å²) in [4.78, 5) is 12.0. The number of fused-ring (bicyclic) bond motifs is 3. The van der Waals surface area contributed by atoms with E-state index < -0.39 is 5.91 Å². The molecule has 5 heteroatoms. The first-order valence-corrected chi connectivity index (χ1v) is 9.48. The molecule has 0 saturated carbocycles. The molecule has 1 heterocycles. The number of carbonyl (C=O) groups is 1. The molecule has 0 aliphatic carbocycles. The maximum atomic E-state index is 13.8. The summed E-state index contributed by atoms with van der Waals surface area (Å²) in [5.74, 6) is -0.757. The van der Waals surface area contributed by atoms with Crippen LogP contribution in [0.15, 0.2) is 53.0 Å². The van der Waals surface area contributed by atoms with Crippen molar-refractivity contribution in [2.75, 3.05) is 0 Å². The van der Waals surface area contributed by atoms with Crippen molar-refractivity contribution in [1.29, 1.82) is 0 Å². The lowest BCUT2D eigenvalue weighted by Crippen LogP contribution is -2.11. The second kappa shape index (κ2) is 6.82. The molecule has 0 saturated heterocycles. The summed E-state index contributed by atoms with van der Waals surface area (Å²) in [6.07, 6.45) is 0.875. The first kappa shape index (κ1) is 17.7. The van der Waals surface area contributed by atoms with E-state index in [9.17, 15) is 9.18 Å². The van der Waals surface area contributed by atoms with E-state index in [4.69, 9.17) is 5.73 Å². The fourth-order valence-corrected chi connectivity index (χ4v) is 3.89. The highest BCUT2D eigenvalue weighted by molar-refractivity contribution is 9.10. The molecule has 0 aliphatic rings. The Morgan fingerprint density at radius 2 is 2.04 bits per heavy atom. The third kappa shape index (κ3) is 3.02. The number of carbonyl (C=O) groups excluding carboxylic acids is 1. The fourth-order valence-electron chi connectivity index (χ4n) is 3.51. The summed E-state index contributed by atoms with van der Waals surface area (Å²) in [5, 5.41) is 1.64. The smallest absolute Gasteiger partial charge is 0.249 e. The molecule has 0 aliphatic heterocycles. The zero-order valence-corrected chi connectivity index (χ0v) is 16.3. The van der Waals surface area contributed by atoms with Gasteiger partial charge in [-0.1, -0.05) is 35.0 Å². The summed E-state index contributed by atoms with van der Waals surface area (Å²) >= 11 is 3.51. The number of aromatic nitrogens is 1. The lowest BCUT2D eigenvalue weighted by molar-refractivity contribution is 0.100.